The molecule has 0 saturated carbocycles. The van der Waals surface area contributed by atoms with Crippen molar-refractivity contribution in [1.29, 1.82) is 0 Å². The van der Waals surface area contributed by atoms with Crippen LogP contribution in [0.2, 0.25) is 5.02 Å². The third kappa shape index (κ3) is 1.67. The number of fused-ring (bicyclic) bond motifs is 1. The molecule has 80 valence electrons. The summed E-state index contributed by atoms with van der Waals surface area (Å²) >= 11 is 5.96. The molecule has 0 radical (unpaired) electrons. The molecule has 1 aliphatic rings. The molecule has 0 aromatic heterocycles. The summed E-state index contributed by atoms with van der Waals surface area (Å²) in [6.07, 6.45) is 0. The second-order valence-electron chi connectivity index (χ2n) is 3.70. The fourth-order valence-electron chi connectivity index (χ4n) is 1.86. The van der Waals surface area contributed by atoms with E-state index in [1.54, 1.807) is 6.07 Å². The van der Waals surface area contributed by atoms with Crippen LogP contribution in [-0.2, 0) is 4.79 Å². The summed E-state index contributed by atoms with van der Waals surface area (Å²) in [5.74, 6) is -0.752. The Hall–Kier alpha value is -1.22. The van der Waals surface area contributed by atoms with Crippen molar-refractivity contribution in [3.8, 4) is 5.75 Å². The van der Waals surface area contributed by atoms with E-state index in [1.807, 2.05) is 19.1 Å². The van der Waals surface area contributed by atoms with Gasteiger partial charge in [-0.1, -0.05) is 30.7 Å². The molecule has 0 bridgehead atoms. The van der Waals surface area contributed by atoms with Gasteiger partial charge in [0.1, 0.15) is 12.4 Å². The first-order chi connectivity index (χ1) is 7.11. The third-order valence-corrected chi connectivity index (χ3v) is 3.11. The van der Waals surface area contributed by atoms with Gasteiger partial charge in [0, 0.05) is 5.92 Å². The van der Waals surface area contributed by atoms with Crippen LogP contribution in [0.15, 0.2) is 18.2 Å². The van der Waals surface area contributed by atoms with Crippen LogP contribution in [0.4, 0.5) is 0 Å². The average Bonchev–Trinajstić information content (AvgIpc) is 2.19. The summed E-state index contributed by atoms with van der Waals surface area (Å²) < 4.78 is 5.39. The van der Waals surface area contributed by atoms with Gasteiger partial charge in [0.15, 0.2) is 0 Å². The second kappa shape index (κ2) is 3.74. The topological polar surface area (TPSA) is 46.5 Å². The monoisotopic (exact) mass is 226 g/mol. The number of ether oxygens (including phenoxy) is 1. The molecule has 2 rings (SSSR count). The Balaban J connectivity index is 2.42. The van der Waals surface area contributed by atoms with Crippen molar-refractivity contribution < 1.29 is 14.6 Å². The largest absolute Gasteiger partial charge is 0.491 e. The molecule has 1 aromatic carbocycles. The smallest absolute Gasteiger partial charge is 0.310 e. The number of halogens is 1. The lowest BCUT2D eigenvalue weighted by molar-refractivity contribution is -0.144. The minimum Gasteiger partial charge on any atom is -0.491 e. The van der Waals surface area contributed by atoms with Crippen LogP contribution in [-0.4, -0.2) is 17.7 Å². The predicted octanol–water partition coefficient (Wildman–Crippen LogP) is 2.54. The van der Waals surface area contributed by atoms with Gasteiger partial charge in [0.05, 0.1) is 10.9 Å². The molecule has 0 aliphatic carbocycles. The van der Waals surface area contributed by atoms with Crippen molar-refractivity contribution >= 4 is 17.6 Å². The molecule has 4 heteroatoms. The molecule has 3 nitrogen and oxygen atoms in total. The summed E-state index contributed by atoms with van der Waals surface area (Å²) in [7, 11) is 0. The van der Waals surface area contributed by atoms with Crippen LogP contribution < -0.4 is 4.74 Å². The number of carboxylic acids is 1. The molecular formula is C11H11ClO3. The minimum absolute atomic E-state index is 0.0649. The number of para-hydroxylation sites is 1. The molecule has 15 heavy (non-hydrogen) atoms. The van der Waals surface area contributed by atoms with Crippen LogP contribution in [0.25, 0.3) is 0 Å². The van der Waals surface area contributed by atoms with Gasteiger partial charge in [0.2, 0.25) is 0 Å². The molecular weight excluding hydrogens is 216 g/mol. The summed E-state index contributed by atoms with van der Waals surface area (Å²) in [5, 5.41) is 9.54. The van der Waals surface area contributed by atoms with E-state index in [1.165, 1.54) is 0 Å². The van der Waals surface area contributed by atoms with E-state index in [0.717, 1.165) is 5.56 Å². The maximum atomic E-state index is 10.9. The van der Waals surface area contributed by atoms with Crippen LogP contribution in [0.1, 0.15) is 18.4 Å². The van der Waals surface area contributed by atoms with E-state index in [0.29, 0.717) is 10.8 Å². The minimum atomic E-state index is -0.826. The van der Waals surface area contributed by atoms with Gasteiger partial charge in [-0.15, -0.1) is 0 Å². The number of carboxylic acid groups (broad SMARTS) is 1. The van der Waals surface area contributed by atoms with Crippen LogP contribution in [0.3, 0.4) is 0 Å². The van der Waals surface area contributed by atoms with Crippen LogP contribution >= 0.6 is 11.6 Å². The molecule has 1 aromatic rings. The van der Waals surface area contributed by atoms with E-state index in [4.69, 9.17) is 21.4 Å². The Bertz CT molecular complexity index is 403. The van der Waals surface area contributed by atoms with Gasteiger partial charge < -0.3 is 9.84 Å². The fourth-order valence-corrected chi connectivity index (χ4v) is 2.09. The van der Waals surface area contributed by atoms with E-state index >= 15 is 0 Å². The number of hydrogen-bond donors (Lipinski definition) is 1. The second-order valence-corrected chi connectivity index (χ2v) is 4.11. The van der Waals surface area contributed by atoms with Gasteiger partial charge in [0.25, 0.3) is 0 Å². The van der Waals surface area contributed by atoms with Crippen molar-refractivity contribution in [2.24, 2.45) is 5.92 Å². The molecule has 0 spiro atoms. The number of aliphatic carboxylic acids is 1. The van der Waals surface area contributed by atoms with E-state index in [9.17, 15) is 4.79 Å². The normalized spacial score (nSPS) is 24.1. The summed E-state index contributed by atoms with van der Waals surface area (Å²) in [6, 6.07) is 5.42. The van der Waals surface area contributed by atoms with Gasteiger partial charge in [-0.3, -0.25) is 4.79 Å². The highest BCUT2D eigenvalue weighted by atomic mass is 35.5. The molecule has 2 unspecified atom stereocenters. The zero-order valence-corrected chi connectivity index (χ0v) is 8.99. The van der Waals surface area contributed by atoms with Crippen LogP contribution in [0.5, 0.6) is 5.75 Å². The first-order valence-electron chi connectivity index (χ1n) is 4.75. The molecule has 2 atom stereocenters. The zero-order valence-electron chi connectivity index (χ0n) is 8.24. The van der Waals surface area contributed by atoms with Gasteiger partial charge in [-0.25, -0.2) is 0 Å². The van der Waals surface area contributed by atoms with Gasteiger partial charge >= 0.3 is 5.97 Å². The lowest BCUT2D eigenvalue weighted by atomic mass is 9.86. The van der Waals surface area contributed by atoms with Crippen LogP contribution in [0, 0.1) is 5.92 Å². The Morgan fingerprint density at radius 1 is 1.60 bits per heavy atom. The summed E-state index contributed by atoms with van der Waals surface area (Å²) in [6.45, 7) is 2.07. The highest BCUT2D eigenvalue weighted by Crippen LogP contribution is 2.40. The van der Waals surface area contributed by atoms with Gasteiger partial charge in [-0.05, 0) is 11.6 Å². The highest BCUT2D eigenvalue weighted by Gasteiger charge is 2.33. The molecule has 1 heterocycles. The SMILES string of the molecule is CC1c2cccc(Cl)c2OCC1C(=O)O. The quantitative estimate of drug-likeness (QED) is 0.801. The van der Waals surface area contributed by atoms with Crippen molar-refractivity contribution in [3.05, 3.63) is 28.8 Å². The fraction of sp³-hybridized carbons (Fsp3) is 0.364. The average molecular weight is 227 g/mol. The third-order valence-electron chi connectivity index (χ3n) is 2.82. The number of benzene rings is 1. The highest BCUT2D eigenvalue weighted by molar-refractivity contribution is 6.32. The molecule has 1 N–H and O–H groups in total. The number of rotatable bonds is 1. The van der Waals surface area contributed by atoms with E-state index in [2.05, 4.69) is 0 Å². The molecule has 0 fully saturated rings. The van der Waals surface area contributed by atoms with E-state index < -0.39 is 11.9 Å². The molecule has 0 saturated heterocycles. The Labute approximate surface area is 92.6 Å². The van der Waals surface area contributed by atoms with Crippen molar-refractivity contribution in [3.63, 3.8) is 0 Å². The molecule has 0 amide bonds. The Morgan fingerprint density at radius 3 is 3.00 bits per heavy atom. The van der Waals surface area contributed by atoms with Crippen molar-refractivity contribution in [2.75, 3.05) is 6.61 Å². The standard InChI is InChI=1S/C11H11ClO3/c1-6-7-3-2-4-9(12)10(7)15-5-8(6)11(13)14/h2-4,6,8H,5H2,1H3,(H,13,14). The first-order valence-corrected chi connectivity index (χ1v) is 5.13. The number of hydrogen-bond acceptors (Lipinski definition) is 2. The summed E-state index contributed by atoms with van der Waals surface area (Å²) in [5.41, 5.74) is 0.876. The maximum absolute atomic E-state index is 10.9. The Kier molecular flexibility index (Phi) is 2.57. The predicted molar refractivity (Wildman–Crippen MR) is 56.5 cm³/mol. The van der Waals surface area contributed by atoms with Crippen molar-refractivity contribution in [2.45, 2.75) is 12.8 Å². The first kappa shape index (κ1) is 10.3. The maximum Gasteiger partial charge on any atom is 0.310 e. The zero-order chi connectivity index (χ0) is 11.0. The van der Waals surface area contributed by atoms with Crippen molar-refractivity contribution in [1.82, 2.24) is 0 Å². The van der Waals surface area contributed by atoms with Gasteiger partial charge in [-0.2, -0.15) is 0 Å². The lowest BCUT2D eigenvalue weighted by Gasteiger charge is -2.29. The lowest BCUT2D eigenvalue weighted by Crippen LogP contribution is -2.30. The molecule has 1 aliphatic heterocycles. The Morgan fingerprint density at radius 2 is 2.33 bits per heavy atom. The summed E-state index contributed by atoms with van der Waals surface area (Å²) in [4.78, 5) is 10.9. The number of carbonyl (C=O) groups is 1. The van der Waals surface area contributed by atoms with E-state index in [-0.39, 0.29) is 12.5 Å².